The highest BCUT2D eigenvalue weighted by Gasteiger charge is 2.42. The highest BCUT2D eigenvalue weighted by Crippen LogP contribution is 2.24. The molecule has 125 heavy (non-hydrogen) atoms. The van der Waals surface area contributed by atoms with Crippen molar-refractivity contribution in [2.45, 2.75) is 186 Å². The van der Waals surface area contributed by atoms with Gasteiger partial charge in [-0.1, -0.05) is 183 Å². The molecule has 0 bridgehead atoms. The van der Waals surface area contributed by atoms with E-state index in [0.29, 0.717) is 51.6 Å². The number of unbranched alkanes of at least 4 members (excludes halogenated alkanes) is 1. The van der Waals surface area contributed by atoms with E-state index in [1.165, 1.54) is 69.3 Å². The molecule has 0 saturated carbocycles. The maximum absolute atomic E-state index is 15.5. The number of carboxylic acids is 1. The molecule has 7 rings (SSSR count). The van der Waals surface area contributed by atoms with Gasteiger partial charge in [-0.3, -0.25) is 76.7 Å². The summed E-state index contributed by atoms with van der Waals surface area (Å²) in [6.45, 7) is 9.91. The zero-order valence-corrected chi connectivity index (χ0v) is 73.7. The number of para-hydroxylation sites is 1. The summed E-state index contributed by atoms with van der Waals surface area (Å²) in [6, 6.07) is 22.3. The minimum absolute atomic E-state index is 0.0113. The molecule has 11 atom stereocenters. The summed E-state index contributed by atoms with van der Waals surface area (Å²) < 4.78 is 0. The number of aromatic hydroxyl groups is 1. The molecule has 0 spiro atoms. The van der Waals surface area contributed by atoms with Crippen molar-refractivity contribution < 1.29 is 86.9 Å². The van der Waals surface area contributed by atoms with Gasteiger partial charge in [0.25, 0.3) is 0 Å². The van der Waals surface area contributed by atoms with Crippen molar-refractivity contribution in [2.24, 2.45) is 23.5 Å². The van der Waals surface area contributed by atoms with Crippen LogP contribution >= 0.6 is 11.8 Å². The van der Waals surface area contributed by atoms with E-state index in [9.17, 15) is 58.2 Å². The summed E-state index contributed by atoms with van der Waals surface area (Å²) in [7, 11) is 6.63. The molecule has 0 radical (unpaired) electrons. The van der Waals surface area contributed by atoms with Crippen LogP contribution in [0.4, 0.5) is 0 Å². The van der Waals surface area contributed by atoms with E-state index in [2.05, 4.69) is 52.8 Å². The third-order valence-electron chi connectivity index (χ3n) is 21.4. The maximum atomic E-state index is 15.5. The number of phenols is 1. The van der Waals surface area contributed by atoms with Gasteiger partial charge in [0.05, 0.1) is 31.8 Å². The van der Waals surface area contributed by atoms with Crippen LogP contribution in [0.2, 0.25) is 0 Å². The van der Waals surface area contributed by atoms with Crippen LogP contribution in [0, 0.1) is 17.8 Å². The number of carbonyl (C=O) groups is 16. The predicted octanol–water partition coefficient (Wildman–Crippen LogP) is 2.42. The lowest BCUT2D eigenvalue weighted by molar-refractivity contribution is -0.151. The van der Waals surface area contributed by atoms with E-state index < -0.39 is 199 Å². The highest BCUT2D eigenvalue weighted by molar-refractivity contribution is 8.00. The largest absolute Gasteiger partial charge is 0.508 e. The first-order valence-corrected chi connectivity index (χ1v) is 43.0. The molecule has 14 N–H and O–H groups in total. The average molecular weight is 1750 g/mol. The van der Waals surface area contributed by atoms with Gasteiger partial charge in [0, 0.05) is 90.2 Å². The number of hydrogen-bond donors (Lipinski definition) is 13. The lowest BCUT2D eigenvalue weighted by Crippen LogP contribution is -2.61. The number of aliphatic carboxylic acids is 1. The SMILES string of the molecule is CCCC[C@H]1C(=O)N(C)CC(=O)N[C@@H](CC(=O)O)C(=O)N[C@@H](C(C)C)C(=O)N(C)C(Cc2ccccc2)C(=O)N[C@@H](CC(C)C)C(=O)N(C)CC(=O)N[C@@H](Cc2c[nH]c3ccccc23)C(=O)N[C@@H](Cc2ccc(O)cc2)C(=O)N[C@@H](CC(C)C)C(=O)N[C@H](C(=O)NCC(N)=O)CSCC(=O)N[C@@H](Cc2ccccc2)C(=O)N(C)C(Cc2ccccc2)C(=O)N1C. The number of thioether (sulfide) groups is 1. The van der Waals surface area contributed by atoms with Gasteiger partial charge < -0.3 is 93.3 Å². The minimum Gasteiger partial charge on any atom is -0.508 e. The number of rotatable bonds is 23. The summed E-state index contributed by atoms with van der Waals surface area (Å²) >= 11 is 0.837. The van der Waals surface area contributed by atoms with Crippen molar-refractivity contribution in [1.29, 1.82) is 0 Å². The molecular weight excluding hydrogens is 1630 g/mol. The number of benzene rings is 5. The number of nitrogens with zero attached hydrogens (tertiary/aromatic N) is 5. The van der Waals surface area contributed by atoms with Crippen molar-refractivity contribution in [1.82, 2.24) is 77.3 Å². The number of nitrogens with one attached hydrogen (secondary N) is 10. The van der Waals surface area contributed by atoms with Crippen LogP contribution < -0.4 is 53.6 Å². The van der Waals surface area contributed by atoms with Crippen LogP contribution in [0.25, 0.3) is 10.9 Å². The Morgan fingerprint density at radius 3 is 1.50 bits per heavy atom. The van der Waals surface area contributed by atoms with Crippen molar-refractivity contribution >= 4 is 117 Å². The third kappa shape index (κ3) is 30.7. The molecule has 15 amide bonds. The van der Waals surface area contributed by atoms with Gasteiger partial charge in [-0.15, -0.1) is 11.8 Å². The summed E-state index contributed by atoms with van der Waals surface area (Å²) in [6.07, 6.45) is 0.590. The Bertz CT molecular complexity index is 4730. The Balaban J connectivity index is 1.32. The van der Waals surface area contributed by atoms with E-state index in [1.54, 1.807) is 163 Å². The second kappa shape index (κ2) is 48.4. The van der Waals surface area contributed by atoms with Crippen molar-refractivity contribution in [3.05, 3.63) is 174 Å². The van der Waals surface area contributed by atoms with Crippen molar-refractivity contribution in [3.8, 4) is 5.75 Å². The first kappa shape index (κ1) is 99.4. The van der Waals surface area contributed by atoms with Crippen LogP contribution in [0.5, 0.6) is 5.75 Å². The van der Waals surface area contributed by atoms with Crippen LogP contribution in [0.3, 0.4) is 0 Å². The van der Waals surface area contributed by atoms with E-state index in [-0.39, 0.29) is 74.7 Å². The number of fused-ring (bicyclic) bond motifs is 1. The molecule has 5 aromatic carbocycles. The lowest BCUT2D eigenvalue weighted by atomic mass is 9.98. The topological polar surface area (TPSA) is 480 Å². The van der Waals surface area contributed by atoms with Crippen LogP contribution in [-0.2, 0) is 109 Å². The number of aromatic nitrogens is 1. The minimum atomic E-state index is -1.88. The molecule has 6 aromatic rings. The number of likely N-dealkylation sites (N-methyl/N-ethyl adjacent to an activating group) is 5. The van der Waals surface area contributed by atoms with Gasteiger partial charge >= 0.3 is 5.97 Å². The number of carbonyl (C=O) groups excluding carboxylic acids is 15. The monoisotopic (exact) mass is 1740 g/mol. The first-order valence-electron chi connectivity index (χ1n) is 41.8. The fourth-order valence-corrected chi connectivity index (χ4v) is 15.4. The van der Waals surface area contributed by atoms with Crippen LogP contribution in [-0.4, -0.2) is 267 Å². The van der Waals surface area contributed by atoms with E-state index >= 15 is 28.8 Å². The first-order chi connectivity index (χ1) is 59.3. The number of primary amides is 1. The molecule has 1 saturated heterocycles. The van der Waals surface area contributed by atoms with E-state index in [1.807, 2.05) is 6.92 Å². The van der Waals surface area contributed by atoms with Crippen molar-refractivity contribution in [2.75, 3.05) is 66.4 Å². The smallest absolute Gasteiger partial charge is 0.305 e. The van der Waals surface area contributed by atoms with E-state index in [0.717, 1.165) is 26.5 Å². The Kier molecular flexibility index (Phi) is 38.5. The van der Waals surface area contributed by atoms with Crippen LogP contribution in [0.15, 0.2) is 146 Å². The molecular formula is C90H120N16O18S. The molecule has 2 heterocycles. The quantitative estimate of drug-likeness (QED) is 0.0438. The summed E-state index contributed by atoms with van der Waals surface area (Å²) in [4.78, 5) is 242. The van der Waals surface area contributed by atoms with Gasteiger partial charge in [0.15, 0.2) is 0 Å². The maximum Gasteiger partial charge on any atom is 0.305 e. The molecule has 674 valence electrons. The van der Waals surface area contributed by atoms with Crippen molar-refractivity contribution in [3.63, 3.8) is 0 Å². The molecule has 1 aromatic heterocycles. The molecule has 34 nitrogen and oxygen atoms in total. The Hall–Kier alpha value is -12.7. The number of amides is 15. The zero-order chi connectivity index (χ0) is 91.9. The molecule has 1 aliphatic heterocycles. The number of phenolic OH excluding ortho intramolecular Hbond substituents is 1. The van der Waals surface area contributed by atoms with E-state index in [4.69, 9.17) is 5.73 Å². The predicted molar refractivity (Wildman–Crippen MR) is 470 cm³/mol. The van der Waals surface area contributed by atoms with Crippen LogP contribution in [0.1, 0.15) is 115 Å². The highest BCUT2D eigenvalue weighted by atomic mass is 32.2. The van der Waals surface area contributed by atoms with Gasteiger partial charge in [0.2, 0.25) is 88.6 Å². The Morgan fingerprint density at radius 2 is 0.936 bits per heavy atom. The molecule has 1 fully saturated rings. The normalized spacial score (nSPS) is 22.3. The number of carboxylic acid groups (broad SMARTS) is 1. The second-order valence-corrected chi connectivity index (χ2v) is 33.9. The summed E-state index contributed by atoms with van der Waals surface area (Å²) in [5.74, 6) is -17.0. The standard InChI is InChI=1S/C90H120N16O18S/c1-13-14-34-71-88(122)103(9)50-76(110)95-67(46-78(112)113)84(118)101-79(55(6)7)90(124)105(11)72(43-57-28-20-16-21-29-57)85(119)99-68(40-54(4)5)86(120)102(8)49-75(109)94-66(45-60-47-92-63-33-25-24-32-62(60)63)83(117)98-65(41-59-35-37-61(107)38-36-59)82(116)97-64(39-53(2)3)81(115)100-70(80(114)93-48-74(91)108)51-125-52-77(111)96-69(42-56-26-18-15-19-27-56)87(121)106(12)73(89(123)104(71)10)44-58-30-22-17-23-31-58/h15-33,35-38,47,53-55,64-73,79,92,107H,13-14,34,39-46,48-52H2,1-12H3,(H2,91,108)(H,93,114)(H,94,109)(H,95,110)(H,96,111)(H,97,116)(H,98,117)(H,99,119)(H,100,115)(H,101,118)(H,112,113)/t64-,65-,66-,67-,68-,69-,70-,71-,72?,73?,79-/m0/s1. The fraction of sp³-hybridized carbons (Fsp3) is 0.467. The fourth-order valence-electron chi connectivity index (χ4n) is 14.6. The average Bonchev–Trinajstić information content (AvgIpc) is 1.80. The van der Waals surface area contributed by atoms with Gasteiger partial charge in [-0.05, 0) is 83.0 Å². The molecule has 35 heteroatoms. The molecule has 2 unspecified atom stereocenters. The zero-order valence-electron chi connectivity index (χ0n) is 72.9. The Labute approximate surface area is 732 Å². The second-order valence-electron chi connectivity index (χ2n) is 32.8. The third-order valence-corrected chi connectivity index (χ3v) is 22.4. The van der Waals surface area contributed by atoms with Gasteiger partial charge in [-0.2, -0.15) is 0 Å². The Morgan fingerprint density at radius 1 is 0.472 bits per heavy atom. The van der Waals surface area contributed by atoms with Gasteiger partial charge in [0.1, 0.15) is 72.2 Å². The summed E-state index contributed by atoms with van der Waals surface area (Å²) in [5.41, 5.74) is 8.83. The number of nitrogens with two attached hydrogens (primary N) is 1. The molecule has 0 aliphatic carbocycles. The number of hydrogen-bond acceptors (Lipinski definition) is 18. The number of aromatic amines is 1. The number of H-pyrrole nitrogens is 1. The lowest BCUT2D eigenvalue weighted by Gasteiger charge is -2.37. The summed E-state index contributed by atoms with van der Waals surface area (Å²) in [5, 5.41) is 45.3. The molecule has 1 aliphatic rings. The van der Waals surface area contributed by atoms with Gasteiger partial charge in [-0.25, -0.2) is 0 Å².